The Labute approximate surface area is 256 Å². The number of thiazole rings is 1. The Bertz CT molecular complexity index is 1660. The molecule has 0 bridgehead atoms. The van der Waals surface area contributed by atoms with Gasteiger partial charge in [-0.3, -0.25) is 4.79 Å². The highest BCUT2D eigenvalue weighted by atomic mass is 35.5. The molecule has 19 heteroatoms. The first kappa shape index (κ1) is 33.5. The molecule has 0 spiro atoms. The summed E-state index contributed by atoms with van der Waals surface area (Å²) in [5, 5.41) is 16.6. The molecule has 1 fully saturated rings. The molecule has 236 valence electrons. The number of sulfonamides is 1. The first-order valence-corrected chi connectivity index (χ1v) is 15.5. The molecule has 1 saturated heterocycles. The highest BCUT2D eigenvalue weighted by Crippen LogP contribution is 2.44. The number of benzene rings is 1. The van der Waals surface area contributed by atoms with Gasteiger partial charge in [-0.15, -0.1) is 21.5 Å². The normalized spacial score (nSPS) is 18.3. The fraction of sp³-hybridized carbons (Fsp3) is 0.500. The van der Waals surface area contributed by atoms with Crippen LogP contribution in [0.5, 0.6) is 0 Å². The van der Waals surface area contributed by atoms with Gasteiger partial charge >= 0.3 is 6.18 Å². The summed E-state index contributed by atoms with van der Waals surface area (Å²) >= 11 is 13.4. The average molecular weight is 693 g/mol. The summed E-state index contributed by atoms with van der Waals surface area (Å²) < 4.78 is 99.8. The second-order valence-corrected chi connectivity index (χ2v) is 14.1. The number of carbonyl (C=O) groups excluding carboxylic acids is 1. The van der Waals surface area contributed by atoms with Gasteiger partial charge in [0.25, 0.3) is 17.7 Å². The molecule has 43 heavy (non-hydrogen) atoms. The number of rotatable bonds is 8. The highest BCUT2D eigenvalue weighted by molar-refractivity contribution is 7.89. The average Bonchev–Trinajstić information content (AvgIpc) is 3.55. The van der Waals surface area contributed by atoms with Crippen LogP contribution in [0, 0.1) is 0 Å². The van der Waals surface area contributed by atoms with E-state index in [1.165, 1.54) is 25.5 Å². The van der Waals surface area contributed by atoms with Gasteiger partial charge in [-0.1, -0.05) is 29.3 Å². The van der Waals surface area contributed by atoms with Crippen LogP contribution in [0.25, 0.3) is 21.3 Å². The maximum absolute atomic E-state index is 14.2. The zero-order chi connectivity index (χ0) is 32.3. The third-order valence-corrected chi connectivity index (χ3v) is 9.91. The molecule has 3 heterocycles. The summed E-state index contributed by atoms with van der Waals surface area (Å²) in [6.45, 7) is 4.18. The van der Waals surface area contributed by atoms with E-state index in [2.05, 4.69) is 15.2 Å². The van der Waals surface area contributed by atoms with Crippen LogP contribution < -0.4 is 4.72 Å². The van der Waals surface area contributed by atoms with Crippen molar-refractivity contribution in [1.82, 2.24) is 24.8 Å². The van der Waals surface area contributed by atoms with Crippen molar-refractivity contribution in [2.24, 2.45) is 0 Å². The monoisotopic (exact) mass is 691 g/mol. The van der Waals surface area contributed by atoms with Crippen LogP contribution in [0.1, 0.15) is 50.5 Å². The van der Waals surface area contributed by atoms with E-state index in [1.807, 2.05) is 0 Å². The number of carbonyl (C=O) groups is 1. The smallest absolute Gasteiger partial charge is 0.404 e. The maximum atomic E-state index is 14.2. The number of amides is 1. The Morgan fingerprint density at radius 1 is 1.26 bits per heavy atom. The van der Waals surface area contributed by atoms with E-state index >= 15 is 0 Å². The Kier molecular flexibility index (Phi) is 8.94. The van der Waals surface area contributed by atoms with Crippen molar-refractivity contribution < 1.29 is 44.7 Å². The van der Waals surface area contributed by atoms with Gasteiger partial charge < -0.3 is 14.4 Å². The molecule has 0 saturated carbocycles. The van der Waals surface area contributed by atoms with Gasteiger partial charge in [0, 0.05) is 18.0 Å². The van der Waals surface area contributed by atoms with Crippen LogP contribution in [0.3, 0.4) is 0 Å². The lowest BCUT2D eigenvalue weighted by Crippen LogP contribution is -2.43. The van der Waals surface area contributed by atoms with E-state index in [1.54, 1.807) is 0 Å². The molecule has 0 aliphatic carbocycles. The van der Waals surface area contributed by atoms with Gasteiger partial charge in [-0.25, -0.2) is 22.2 Å². The van der Waals surface area contributed by atoms with Crippen molar-refractivity contribution in [3.8, 4) is 21.3 Å². The predicted molar refractivity (Wildman–Crippen MR) is 147 cm³/mol. The first-order chi connectivity index (χ1) is 19.6. The van der Waals surface area contributed by atoms with Gasteiger partial charge in [0.2, 0.25) is 15.9 Å². The molecule has 1 amide bonds. The minimum Gasteiger partial charge on any atom is -0.419 e. The van der Waals surface area contributed by atoms with E-state index in [-0.39, 0.29) is 39.3 Å². The lowest BCUT2D eigenvalue weighted by Gasteiger charge is -2.20. The van der Waals surface area contributed by atoms with Crippen LogP contribution >= 0.6 is 34.5 Å². The lowest BCUT2D eigenvalue weighted by molar-refractivity contribution is -0.147. The van der Waals surface area contributed by atoms with Crippen molar-refractivity contribution in [3.63, 3.8) is 0 Å². The molecule has 2 aromatic heterocycles. The standard InChI is InChI=1S/C24H24Cl2F5N5O5S2/c1-10-7-23(27,28)9-36(10)21(37)17-18(42-20(32-17)19-34-33-14(41-19)8-22(3,4)38)12-5-6-13(16(26)15(12)25)43(39,40)35-11(2)24(29,30)31/h5-6,10-11,35,38H,7-9H2,1-4H3. The number of halogens is 7. The van der Waals surface area contributed by atoms with Gasteiger partial charge in [-0.05, 0) is 33.8 Å². The van der Waals surface area contributed by atoms with Gasteiger partial charge in [-0.2, -0.15) is 17.9 Å². The fourth-order valence-electron chi connectivity index (χ4n) is 4.22. The zero-order valence-corrected chi connectivity index (χ0v) is 25.9. The minimum atomic E-state index is -4.89. The Balaban J connectivity index is 1.82. The molecule has 0 radical (unpaired) electrons. The van der Waals surface area contributed by atoms with Crippen molar-refractivity contribution in [2.75, 3.05) is 6.54 Å². The van der Waals surface area contributed by atoms with Gasteiger partial charge in [0.15, 0.2) is 5.01 Å². The molecule has 2 unspecified atom stereocenters. The maximum Gasteiger partial charge on any atom is 0.404 e. The molecule has 1 aliphatic rings. The number of aromatic nitrogens is 3. The highest BCUT2D eigenvalue weighted by Gasteiger charge is 2.46. The topological polar surface area (TPSA) is 139 Å². The van der Waals surface area contributed by atoms with E-state index in [4.69, 9.17) is 27.6 Å². The number of alkyl halides is 5. The minimum absolute atomic E-state index is 0.0250. The second-order valence-electron chi connectivity index (χ2n) is 10.7. The molecule has 1 aromatic carbocycles. The number of hydrogen-bond acceptors (Lipinski definition) is 9. The molecule has 1 aliphatic heterocycles. The number of aliphatic hydroxyl groups is 1. The zero-order valence-electron chi connectivity index (χ0n) is 22.8. The van der Waals surface area contributed by atoms with Crippen LogP contribution in [0.2, 0.25) is 10.0 Å². The van der Waals surface area contributed by atoms with Crippen molar-refractivity contribution in [2.45, 2.75) is 75.2 Å². The summed E-state index contributed by atoms with van der Waals surface area (Å²) in [7, 11) is -4.82. The second kappa shape index (κ2) is 11.5. The van der Waals surface area contributed by atoms with Gasteiger partial charge in [0.05, 0.1) is 33.5 Å². The third-order valence-electron chi connectivity index (χ3n) is 6.26. The summed E-state index contributed by atoms with van der Waals surface area (Å²) in [4.78, 5) is 18.0. The molecule has 10 nitrogen and oxygen atoms in total. The molecular formula is C24H24Cl2F5N5O5S2. The summed E-state index contributed by atoms with van der Waals surface area (Å²) in [6.07, 6.45) is -5.50. The first-order valence-electron chi connectivity index (χ1n) is 12.4. The Hall–Kier alpha value is -2.44. The quantitative estimate of drug-likeness (QED) is 0.292. The SMILES string of the molecule is CC1CC(F)(F)CN1C(=O)c1nc(-c2nnc(CC(C)(C)O)o2)sc1-c1ccc(S(=O)(=O)NC(C)C(F)(F)F)c(Cl)c1Cl. The summed E-state index contributed by atoms with van der Waals surface area (Å²) in [5.41, 5.74) is -1.62. The van der Waals surface area contributed by atoms with E-state index < -0.39 is 73.6 Å². The van der Waals surface area contributed by atoms with E-state index in [0.717, 1.165) is 28.4 Å². The Morgan fingerprint density at radius 3 is 2.47 bits per heavy atom. The summed E-state index contributed by atoms with van der Waals surface area (Å²) in [6, 6.07) is -1.32. The van der Waals surface area contributed by atoms with Crippen molar-refractivity contribution in [1.29, 1.82) is 0 Å². The number of nitrogens with one attached hydrogen (secondary N) is 1. The molecule has 2 atom stereocenters. The number of likely N-dealkylation sites (tertiary alicyclic amines) is 1. The molecular weight excluding hydrogens is 668 g/mol. The lowest BCUT2D eigenvalue weighted by atomic mass is 10.1. The van der Waals surface area contributed by atoms with Gasteiger partial charge in [0.1, 0.15) is 16.6 Å². The van der Waals surface area contributed by atoms with Crippen molar-refractivity contribution >= 4 is 50.5 Å². The van der Waals surface area contributed by atoms with Crippen LogP contribution in [-0.4, -0.2) is 75.8 Å². The predicted octanol–water partition coefficient (Wildman–Crippen LogP) is 5.58. The van der Waals surface area contributed by atoms with Crippen molar-refractivity contribution in [3.05, 3.63) is 33.8 Å². The molecule has 4 rings (SSSR count). The Morgan fingerprint density at radius 2 is 1.91 bits per heavy atom. The molecule has 2 N–H and O–H groups in total. The number of hydrogen-bond donors (Lipinski definition) is 2. The van der Waals surface area contributed by atoms with E-state index in [9.17, 15) is 40.3 Å². The number of nitrogens with zero attached hydrogens (tertiary/aromatic N) is 4. The van der Waals surface area contributed by atoms with Crippen LogP contribution in [-0.2, 0) is 16.4 Å². The van der Waals surface area contributed by atoms with Crippen LogP contribution in [0.4, 0.5) is 22.0 Å². The summed E-state index contributed by atoms with van der Waals surface area (Å²) in [5.74, 6) is -4.18. The third kappa shape index (κ3) is 7.28. The molecule has 3 aromatic rings. The van der Waals surface area contributed by atoms with Crippen LogP contribution in [0.15, 0.2) is 21.4 Å². The largest absolute Gasteiger partial charge is 0.419 e. The van der Waals surface area contributed by atoms with E-state index in [0.29, 0.717) is 6.92 Å². The fourth-order valence-corrected chi connectivity index (χ4v) is 7.38.